The minimum Gasteiger partial charge on any atom is -0.497 e. The van der Waals surface area contributed by atoms with Crippen molar-refractivity contribution in [2.24, 2.45) is 5.92 Å². The van der Waals surface area contributed by atoms with Crippen LogP contribution in [-0.4, -0.2) is 69.1 Å². The van der Waals surface area contributed by atoms with E-state index in [1.165, 1.54) is 43.9 Å². The van der Waals surface area contributed by atoms with Crippen LogP contribution in [0.3, 0.4) is 0 Å². The van der Waals surface area contributed by atoms with E-state index in [2.05, 4.69) is 0 Å². The van der Waals surface area contributed by atoms with E-state index < -0.39 is 45.1 Å². The van der Waals surface area contributed by atoms with Gasteiger partial charge in [0.2, 0.25) is 5.72 Å². The van der Waals surface area contributed by atoms with Crippen LogP contribution in [-0.2, 0) is 24.2 Å². The van der Waals surface area contributed by atoms with Gasteiger partial charge in [-0.15, -0.1) is 0 Å². The van der Waals surface area contributed by atoms with Crippen LogP contribution in [0.25, 0.3) is 0 Å². The molecule has 11 nitrogen and oxygen atoms in total. The van der Waals surface area contributed by atoms with Gasteiger partial charge in [0, 0.05) is 14.2 Å². The highest BCUT2D eigenvalue weighted by Gasteiger charge is 2.60. The molecule has 1 aliphatic rings. The third-order valence-electron chi connectivity index (χ3n) is 4.36. The summed E-state index contributed by atoms with van der Waals surface area (Å²) in [6.07, 6.45) is 0. The van der Waals surface area contributed by atoms with Crippen LogP contribution in [0.5, 0.6) is 5.75 Å². The van der Waals surface area contributed by atoms with E-state index >= 15 is 0 Å². The van der Waals surface area contributed by atoms with Gasteiger partial charge in [0.05, 0.1) is 17.8 Å². The van der Waals surface area contributed by atoms with Crippen molar-refractivity contribution in [3.8, 4) is 5.75 Å². The molecule has 12 heteroatoms. The molecule has 4 amide bonds. The molecule has 0 radical (unpaired) electrons. The monoisotopic (exact) mass is 401 g/mol. The first-order valence-electron chi connectivity index (χ1n) is 7.59. The third-order valence-corrected chi connectivity index (χ3v) is 6.13. The van der Waals surface area contributed by atoms with E-state index in [1.54, 1.807) is 0 Å². The number of carbonyl (C=O) groups excluding carboxylic acids is 3. The van der Waals surface area contributed by atoms with E-state index in [0.29, 0.717) is 5.75 Å². The number of hydrogen-bond acceptors (Lipinski definition) is 8. The minimum atomic E-state index is -4.12. The molecule has 1 fully saturated rings. The van der Waals surface area contributed by atoms with Crippen LogP contribution in [0.2, 0.25) is 0 Å². The molecule has 2 rings (SSSR count). The standard InChI is InChI=1S/C15H19N3O8S/c1-18-14(21)16-13(20)15(18,26-3)11(12(19)17-22)8-27(23,24)10-6-4-9(25-2)5-7-10/h4-7,11,22H,8H2,1-3H3,(H,17,19)(H,16,20,21). The Bertz CT molecular complexity index is 854. The Labute approximate surface area is 155 Å². The number of sulfone groups is 1. The molecule has 0 saturated carbocycles. The quantitative estimate of drug-likeness (QED) is 0.302. The highest BCUT2D eigenvalue weighted by molar-refractivity contribution is 7.91. The summed E-state index contributed by atoms with van der Waals surface area (Å²) < 4.78 is 35.7. The van der Waals surface area contributed by atoms with Crippen LogP contribution in [0.15, 0.2) is 29.2 Å². The van der Waals surface area contributed by atoms with E-state index in [0.717, 1.165) is 12.0 Å². The van der Waals surface area contributed by atoms with Gasteiger partial charge in [0.25, 0.3) is 11.8 Å². The van der Waals surface area contributed by atoms with E-state index in [-0.39, 0.29) is 4.90 Å². The van der Waals surface area contributed by atoms with E-state index in [9.17, 15) is 22.8 Å². The number of carbonyl (C=O) groups is 3. The number of imide groups is 1. The maximum atomic E-state index is 12.8. The predicted molar refractivity (Wildman–Crippen MR) is 89.5 cm³/mol. The fourth-order valence-corrected chi connectivity index (χ4v) is 4.44. The summed E-state index contributed by atoms with van der Waals surface area (Å²) >= 11 is 0. The van der Waals surface area contributed by atoms with Crippen LogP contribution in [0.1, 0.15) is 0 Å². The summed E-state index contributed by atoms with van der Waals surface area (Å²) in [4.78, 5) is 37.0. The lowest BCUT2D eigenvalue weighted by atomic mass is 9.95. The number of hydrogen-bond donors (Lipinski definition) is 3. The molecule has 1 heterocycles. The van der Waals surface area contributed by atoms with Gasteiger partial charge in [0.1, 0.15) is 11.7 Å². The van der Waals surface area contributed by atoms with Crippen molar-refractivity contribution in [2.75, 3.05) is 27.0 Å². The summed E-state index contributed by atoms with van der Waals surface area (Å²) in [6.45, 7) is 0. The third kappa shape index (κ3) is 3.46. The maximum Gasteiger partial charge on any atom is 0.326 e. The lowest BCUT2D eigenvalue weighted by Crippen LogP contribution is -2.61. The second kappa shape index (κ2) is 7.50. The second-order valence-corrected chi connectivity index (χ2v) is 7.74. The lowest BCUT2D eigenvalue weighted by Gasteiger charge is -2.36. The molecule has 1 saturated heterocycles. The van der Waals surface area contributed by atoms with Gasteiger partial charge >= 0.3 is 6.03 Å². The smallest absolute Gasteiger partial charge is 0.326 e. The number of hydroxylamine groups is 1. The number of urea groups is 1. The number of methoxy groups -OCH3 is 2. The maximum absolute atomic E-state index is 12.8. The SMILES string of the molecule is COc1ccc(S(=O)(=O)CC(C(=O)NO)C2(OC)C(=O)NC(=O)N2C)cc1. The zero-order valence-electron chi connectivity index (χ0n) is 14.8. The summed E-state index contributed by atoms with van der Waals surface area (Å²) in [6, 6.07) is 4.49. The predicted octanol–water partition coefficient (Wildman–Crippen LogP) is -0.885. The number of ether oxygens (including phenoxy) is 2. The van der Waals surface area contributed by atoms with Gasteiger partial charge in [-0.05, 0) is 24.3 Å². The molecule has 0 spiro atoms. The molecule has 0 bridgehead atoms. The number of nitrogens with one attached hydrogen (secondary N) is 2. The average Bonchev–Trinajstić information content (AvgIpc) is 2.88. The highest BCUT2D eigenvalue weighted by Crippen LogP contribution is 2.33. The van der Waals surface area contributed by atoms with E-state index in [4.69, 9.17) is 14.7 Å². The fraction of sp³-hybridized carbons (Fsp3) is 0.400. The van der Waals surface area contributed by atoms with Crippen LogP contribution >= 0.6 is 0 Å². The molecule has 27 heavy (non-hydrogen) atoms. The summed E-state index contributed by atoms with van der Waals surface area (Å²) in [7, 11) is -0.483. The Morgan fingerprint density at radius 2 is 1.89 bits per heavy atom. The van der Waals surface area contributed by atoms with Crippen molar-refractivity contribution in [1.82, 2.24) is 15.7 Å². The Kier molecular flexibility index (Phi) is 5.73. The van der Waals surface area contributed by atoms with Gasteiger partial charge in [-0.3, -0.25) is 25.0 Å². The number of benzene rings is 1. The van der Waals surface area contributed by atoms with Crippen molar-refractivity contribution >= 4 is 27.7 Å². The largest absolute Gasteiger partial charge is 0.497 e. The first-order valence-corrected chi connectivity index (χ1v) is 9.24. The van der Waals surface area contributed by atoms with Crippen LogP contribution in [0.4, 0.5) is 4.79 Å². The lowest BCUT2D eigenvalue weighted by molar-refractivity contribution is -0.172. The Balaban J connectivity index is 2.49. The number of nitrogens with zero attached hydrogens (tertiary/aromatic N) is 1. The first kappa shape index (κ1) is 20.6. The summed E-state index contributed by atoms with van der Waals surface area (Å²) in [5, 5.41) is 11.0. The zero-order chi connectivity index (χ0) is 20.4. The summed E-state index contributed by atoms with van der Waals surface area (Å²) in [5.41, 5.74) is -0.919. The van der Waals surface area contributed by atoms with Gasteiger partial charge in [-0.2, -0.15) is 0 Å². The molecule has 3 N–H and O–H groups in total. The zero-order valence-corrected chi connectivity index (χ0v) is 15.6. The molecule has 148 valence electrons. The fourth-order valence-electron chi connectivity index (χ4n) is 2.88. The van der Waals surface area contributed by atoms with Gasteiger partial charge in [-0.25, -0.2) is 18.7 Å². The first-order chi connectivity index (χ1) is 12.6. The normalized spacial score (nSPS) is 21.0. The van der Waals surface area contributed by atoms with Gasteiger partial charge < -0.3 is 9.47 Å². The molecule has 1 aromatic rings. The summed E-state index contributed by atoms with van der Waals surface area (Å²) in [5.74, 6) is -4.46. The van der Waals surface area contributed by atoms with Crippen molar-refractivity contribution in [3.63, 3.8) is 0 Å². The molecular weight excluding hydrogens is 382 g/mol. The van der Waals surface area contributed by atoms with Crippen molar-refractivity contribution in [3.05, 3.63) is 24.3 Å². The molecule has 1 aliphatic heterocycles. The van der Waals surface area contributed by atoms with Crippen LogP contribution < -0.4 is 15.5 Å². The molecule has 0 aliphatic carbocycles. The Hall–Kier alpha value is -2.70. The molecule has 2 unspecified atom stereocenters. The Morgan fingerprint density at radius 3 is 2.30 bits per heavy atom. The van der Waals surface area contributed by atoms with Crippen molar-refractivity contribution in [1.29, 1.82) is 0 Å². The van der Waals surface area contributed by atoms with Crippen molar-refractivity contribution < 1.29 is 37.5 Å². The number of likely N-dealkylation sites (N-methyl/N-ethyl adjacent to an activating group) is 1. The van der Waals surface area contributed by atoms with E-state index in [1.807, 2.05) is 5.32 Å². The topological polar surface area (TPSA) is 151 Å². The van der Waals surface area contributed by atoms with Gasteiger partial charge in [-0.1, -0.05) is 0 Å². The van der Waals surface area contributed by atoms with Gasteiger partial charge in [0.15, 0.2) is 9.84 Å². The van der Waals surface area contributed by atoms with Crippen molar-refractivity contribution in [2.45, 2.75) is 10.6 Å². The molecule has 1 aromatic carbocycles. The number of amides is 4. The molecule has 0 aromatic heterocycles. The molecular formula is C15H19N3O8S. The number of rotatable bonds is 7. The highest BCUT2D eigenvalue weighted by atomic mass is 32.2. The minimum absolute atomic E-state index is 0.141. The Morgan fingerprint density at radius 1 is 1.30 bits per heavy atom. The second-order valence-electron chi connectivity index (χ2n) is 5.70. The molecule has 2 atom stereocenters. The van der Waals surface area contributed by atoms with Crippen LogP contribution in [0, 0.1) is 5.92 Å². The average molecular weight is 401 g/mol.